The Hall–Kier alpha value is -3.01. The summed E-state index contributed by atoms with van der Waals surface area (Å²) in [6, 6.07) is 35.5. The second-order valence-electron chi connectivity index (χ2n) is 7.22. The Morgan fingerprint density at radius 2 is 0.844 bits per heavy atom. The van der Waals surface area contributed by atoms with Gasteiger partial charge < -0.3 is 0 Å². The van der Waals surface area contributed by atoms with E-state index in [9.17, 15) is 4.79 Å². The van der Waals surface area contributed by atoms with Gasteiger partial charge in [0.1, 0.15) is 0 Å². The van der Waals surface area contributed by atoms with Gasteiger partial charge in [-0.25, -0.2) is 0 Å². The lowest BCUT2D eigenvalue weighted by Crippen LogP contribution is -2.06. The Balaban J connectivity index is 1.91. The topological polar surface area (TPSA) is 17.1 Å². The highest BCUT2D eigenvalue weighted by atomic mass is 79.9. The maximum Gasteiger partial charge on any atom is 0.194 e. The zero-order valence-electron chi connectivity index (χ0n) is 17.2. The van der Waals surface area contributed by atoms with Crippen LogP contribution in [-0.4, -0.2) is 5.78 Å². The van der Waals surface area contributed by atoms with Crippen LogP contribution in [0.15, 0.2) is 118 Å². The number of benzene rings is 4. The Morgan fingerprint density at radius 3 is 1.22 bits per heavy atom. The summed E-state index contributed by atoms with van der Waals surface area (Å²) in [5.74, 6) is -0.0334. The van der Waals surface area contributed by atoms with Gasteiger partial charge in [0.25, 0.3) is 0 Å². The highest BCUT2D eigenvalue weighted by Crippen LogP contribution is 2.31. The molecule has 0 spiro atoms. The second-order valence-corrected chi connectivity index (χ2v) is 8.93. The lowest BCUT2D eigenvalue weighted by Gasteiger charge is -2.13. The summed E-state index contributed by atoms with van der Waals surface area (Å²) in [5.41, 5.74) is 4.93. The fraction of sp³-hybridized carbons (Fsp3) is 0. The smallest absolute Gasteiger partial charge is 0.194 e. The molecule has 0 heterocycles. The molecule has 0 N–H and O–H groups in total. The lowest BCUT2D eigenvalue weighted by atomic mass is 9.90. The number of ketones is 1. The molecule has 0 amide bonds. The molecular formula is C29H20Br2O. The normalized spacial score (nSPS) is 11.9. The van der Waals surface area contributed by atoms with Crippen molar-refractivity contribution in [2.24, 2.45) is 0 Å². The van der Waals surface area contributed by atoms with E-state index in [0.29, 0.717) is 11.1 Å². The van der Waals surface area contributed by atoms with Gasteiger partial charge in [0.15, 0.2) is 5.78 Å². The van der Waals surface area contributed by atoms with Gasteiger partial charge in [-0.05, 0) is 46.5 Å². The number of hydrogen-bond acceptors (Lipinski definition) is 1. The minimum Gasteiger partial charge on any atom is -0.289 e. The molecule has 0 saturated carbocycles. The van der Waals surface area contributed by atoms with E-state index in [-0.39, 0.29) is 5.78 Å². The molecule has 156 valence electrons. The van der Waals surface area contributed by atoms with Crippen LogP contribution in [0.5, 0.6) is 0 Å². The zero-order valence-corrected chi connectivity index (χ0v) is 20.4. The molecule has 0 aliphatic carbocycles. The minimum atomic E-state index is -0.0334. The van der Waals surface area contributed by atoms with Gasteiger partial charge in [-0.3, -0.25) is 4.79 Å². The van der Waals surface area contributed by atoms with E-state index in [1.807, 2.05) is 121 Å². The molecule has 0 aliphatic heterocycles. The monoisotopic (exact) mass is 542 g/mol. The summed E-state index contributed by atoms with van der Waals surface area (Å²) in [7, 11) is 0. The molecule has 0 unspecified atom stereocenters. The van der Waals surface area contributed by atoms with Crippen LogP contribution in [0.25, 0.3) is 23.3 Å². The molecule has 3 heteroatoms. The van der Waals surface area contributed by atoms with Gasteiger partial charge in [-0.2, -0.15) is 0 Å². The highest BCUT2D eigenvalue weighted by molar-refractivity contribution is 9.10. The summed E-state index contributed by atoms with van der Waals surface area (Å²) < 4.78 is 1.88. The quantitative estimate of drug-likeness (QED) is 0.176. The van der Waals surface area contributed by atoms with Gasteiger partial charge in [-0.15, -0.1) is 0 Å². The predicted octanol–water partition coefficient (Wildman–Crippen LogP) is 8.56. The summed E-state index contributed by atoms with van der Waals surface area (Å²) in [5, 5.41) is 0. The van der Waals surface area contributed by atoms with Gasteiger partial charge in [0.2, 0.25) is 0 Å². The van der Waals surface area contributed by atoms with Crippen molar-refractivity contribution in [3.8, 4) is 0 Å². The fourth-order valence-electron chi connectivity index (χ4n) is 3.44. The van der Waals surface area contributed by atoms with Crippen LogP contribution in [0.1, 0.15) is 22.3 Å². The molecule has 1 nitrogen and oxygen atoms in total. The summed E-state index contributed by atoms with van der Waals surface area (Å²) in [6.07, 6.45) is 3.91. The Kier molecular flexibility index (Phi) is 7.31. The van der Waals surface area contributed by atoms with Crippen molar-refractivity contribution in [1.29, 1.82) is 0 Å². The van der Waals surface area contributed by atoms with Crippen molar-refractivity contribution in [2.45, 2.75) is 0 Å². The number of Topliss-reactive ketones (excluding diaryl/α,β-unsaturated/α-hetero) is 1. The molecule has 4 rings (SSSR count). The standard InChI is InChI=1S/C29H20Br2O/c30-27-17-9-7-15-23(27)19-25(21-11-3-1-4-12-21)29(32)26(22-13-5-2-6-14-22)20-24-16-8-10-18-28(24)31/h1-20H. The molecule has 0 aliphatic rings. The number of hydrogen-bond donors (Lipinski definition) is 0. The van der Waals surface area contributed by atoms with Crippen LogP contribution < -0.4 is 0 Å². The molecular weight excluding hydrogens is 524 g/mol. The predicted molar refractivity (Wildman–Crippen MR) is 142 cm³/mol. The third-order valence-corrected chi connectivity index (χ3v) is 6.51. The van der Waals surface area contributed by atoms with Crippen molar-refractivity contribution in [3.05, 3.63) is 140 Å². The molecule has 0 atom stereocenters. The third-order valence-electron chi connectivity index (χ3n) is 5.07. The number of halogens is 2. The second kappa shape index (κ2) is 10.5. The summed E-state index contributed by atoms with van der Waals surface area (Å²) in [4.78, 5) is 14.1. The largest absolute Gasteiger partial charge is 0.289 e. The SMILES string of the molecule is O=C(C(=Cc1ccccc1Br)c1ccccc1)C(=Cc1ccccc1Br)c1ccccc1. The van der Waals surface area contributed by atoms with Crippen LogP contribution in [0, 0.1) is 0 Å². The molecule has 0 radical (unpaired) electrons. The minimum absolute atomic E-state index is 0.0334. The van der Waals surface area contributed by atoms with E-state index in [0.717, 1.165) is 31.2 Å². The Labute approximate surface area is 205 Å². The zero-order chi connectivity index (χ0) is 22.3. The van der Waals surface area contributed by atoms with Gasteiger partial charge >= 0.3 is 0 Å². The van der Waals surface area contributed by atoms with Crippen molar-refractivity contribution < 1.29 is 4.79 Å². The summed E-state index contributed by atoms with van der Waals surface area (Å²) >= 11 is 7.23. The van der Waals surface area contributed by atoms with E-state index in [2.05, 4.69) is 31.9 Å². The van der Waals surface area contributed by atoms with Crippen molar-refractivity contribution in [2.75, 3.05) is 0 Å². The van der Waals surface area contributed by atoms with E-state index >= 15 is 0 Å². The van der Waals surface area contributed by atoms with Crippen LogP contribution in [0.3, 0.4) is 0 Å². The van der Waals surface area contributed by atoms with E-state index < -0.39 is 0 Å². The first kappa shape index (κ1) is 22.2. The van der Waals surface area contributed by atoms with Crippen LogP contribution in [0.4, 0.5) is 0 Å². The van der Waals surface area contributed by atoms with Crippen LogP contribution in [0.2, 0.25) is 0 Å². The number of allylic oxidation sites excluding steroid dienone is 2. The van der Waals surface area contributed by atoms with Crippen molar-refractivity contribution in [1.82, 2.24) is 0 Å². The fourth-order valence-corrected chi connectivity index (χ4v) is 4.23. The van der Waals surface area contributed by atoms with Gasteiger partial charge in [0, 0.05) is 20.1 Å². The van der Waals surface area contributed by atoms with E-state index in [1.54, 1.807) is 0 Å². The molecule has 4 aromatic carbocycles. The average Bonchev–Trinajstić information content (AvgIpc) is 2.84. The molecule has 0 aromatic heterocycles. The average molecular weight is 544 g/mol. The Bertz CT molecular complexity index is 1190. The molecule has 0 bridgehead atoms. The van der Waals surface area contributed by atoms with Gasteiger partial charge in [-0.1, -0.05) is 129 Å². The first-order chi connectivity index (χ1) is 15.6. The molecule has 0 fully saturated rings. The Morgan fingerprint density at radius 1 is 0.500 bits per heavy atom. The number of carbonyl (C=O) groups excluding carboxylic acids is 1. The number of carbonyl (C=O) groups is 1. The van der Waals surface area contributed by atoms with E-state index in [1.165, 1.54) is 0 Å². The van der Waals surface area contributed by atoms with Crippen LogP contribution in [-0.2, 0) is 4.79 Å². The first-order valence-corrected chi connectivity index (χ1v) is 11.8. The first-order valence-electron chi connectivity index (χ1n) is 10.2. The maximum absolute atomic E-state index is 14.1. The highest BCUT2D eigenvalue weighted by Gasteiger charge is 2.19. The lowest BCUT2D eigenvalue weighted by molar-refractivity contribution is -0.108. The van der Waals surface area contributed by atoms with Gasteiger partial charge in [0.05, 0.1) is 0 Å². The molecule has 4 aromatic rings. The van der Waals surface area contributed by atoms with Crippen molar-refractivity contribution >= 4 is 60.9 Å². The van der Waals surface area contributed by atoms with Crippen molar-refractivity contribution in [3.63, 3.8) is 0 Å². The maximum atomic E-state index is 14.1. The molecule has 0 saturated heterocycles. The number of rotatable bonds is 6. The summed E-state index contributed by atoms with van der Waals surface area (Å²) in [6.45, 7) is 0. The van der Waals surface area contributed by atoms with Crippen LogP contribution >= 0.6 is 31.9 Å². The molecule has 32 heavy (non-hydrogen) atoms. The van der Waals surface area contributed by atoms with E-state index in [4.69, 9.17) is 0 Å². The third kappa shape index (κ3) is 5.24.